The fourth-order valence-corrected chi connectivity index (χ4v) is 8.10. The number of carbonyl (C=O) groups is 1. The van der Waals surface area contributed by atoms with Crippen molar-refractivity contribution >= 4 is 17.7 Å². The Balaban J connectivity index is 1.47. The molecule has 1 spiro atoms. The largest absolute Gasteiger partial charge is 0.459 e. The van der Waals surface area contributed by atoms with E-state index in [1.54, 1.807) is 11.8 Å². The third kappa shape index (κ3) is 4.68. The predicted molar refractivity (Wildman–Crippen MR) is 142 cm³/mol. The number of nitrogens with zero attached hydrogens (tertiary/aromatic N) is 1. The summed E-state index contributed by atoms with van der Waals surface area (Å²) in [6.07, 6.45) is 7.19. The summed E-state index contributed by atoms with van der Waals surface area (Å²) >= 11 is 1.73. The van der Waals surface area contributed by atoms with E-state index in [9.17, 15) is 4.79 Å². The van der Waals surface area contributed by atoms with Crippen LogP contribution < -0.4 is 0 Å². The summed E-state index contributed by atoms with van der Waals surface area (Å²) in [6.45, 7) is 9.00. The maximum Gasteiger partial charge on any atom is 0.348 e. The number of thioether (sulfide) groups is 1. The first kappa shape index (κ1) is 24.9. The SMILES string of the molecule is CC(C)SC(C)OC(C(=O)OC1CC2CCC(C1)[N+]21CCCC1)(c1ccccc1)c1ccccc1. The molecule has 2 aromatic carbocycles. The lowest BCUT2D eigenvalue weighted by Gasteiger charge is -2.47. The van der Waals surface area contributed by atoms with Crippen LogP contribution in [0.2, 0.25) is 0 Å². The number of hydrogen-bond donors (Lipinski definition) is 0. The zero-order valence-corrected chi connectivity index (χ0v) is 22.2. The molecule has 3 fully saturated rings. The van der Waals surface area contributed by atoms with E-state index in [0.717, 1.165) is 24.0 Å². The number of piperidine rings is 1. The van der Waals surface area contributed by atoms with Gasteiger partial charge in [-0.05, 0) is 18.1 Å². The van der Waals surface area contributed by atoms with Gasteiger partial charge in [-0.15, -0.1) is 11.8 Å². The number of quaternary nitrogens is 1. The molecular weight excluding hydrogens is 454 g/mol. The van der Waals surface area contributed by atoms with Crippen molar-refractivity contribution in [2.75, 3.05) is 13.1 Å². The zero-order valence-electron chi connectivity index (χ0n) is 21.4. The Morgan fingerprint density at radius 1 is 0.886 bits per heavy atom. The van der Waals surface area contributed by atoms with Crippen molar-refractivity contribution in [3.8, 4) is 0 Å². The Morgan fingerprint density at radius 2 is 1.40 bits per heavy atom. The van der Waals surface area contributed by atoms with Crippen LogP contribution in [0.15, 0.2) is 60.7 Å². The summed E-state index contributed by atoms with van der Waals surface area (Å²) in [5.74, 6) is -0.273. The Bertz CT molecular complexity index is 934. The smallest absolute Gasteiger partial charge is 0.348 e. The van der Waals surface area contributed by atoms with Crippen molar-refractivity contribution in [2.45, 2.75) is 93.8 Å². The quantitative estimate of drug-likeness (QED) is 0.246. The molecule has 188 valence electrons. The number of ether oxygens (including phenoxy) is 2. The summed E-state index contributed by atoms with van der Waals surface area (Å²) < 4.78 is 14.5. The van der Waals surface area contributed by atoms with Crippen LogP contribution in [-0.2, 0) is 19.9 Å². The summed E-state index contributed by atoms with van der Waals surface area (Å²) in [6, 6.07) is 21.2. The molecule has 0 saturated carbocycles. The van der Waals surface area contributed by atoms with Gasteiger partial charge in [0.25, 0.3) is 0 Å². The van der Waals surface area contributed by atoms with Gasteiger partial charge in [0.15, 0.2) is 0 Å². The highest BCUT2D eigenvalue weighted by Crippen LogP contribution is 2.47. The molecule has 2 bridgehead atoms. The summed E-state index contributed by atoms with van der Waals surface area (Å²) in [5, 5.41) is 0.389. The van der Waals surface area contributed by atoms with Crippen molar-refractivity contribution in [1.82, 2.24) is 0 Å². The van der Waals surface area contributed by atoms with Crippen LogP contribution in [0.3, 0.4) is 0 Å². The molecule has 5 heteroatoms. The van der Waals surface area contributed by atoms with Gasteiger partial charge in [0.1, 0.15) is 11.5 Å². The third-order valence-corrected chi connectivity index (χ3v) is 9.51. The van der Waals surface area contributed by atoms with Gasteiger partial charge in [-0.25, -0.2) is 4.79 Å². The Kier molecular flexibility index (Phi) is 7.30. The van der Waals surface area contributed by atoms with E-state index >= 15 is 0 Å². The monoisotopic (exact) mass is 494 g/mol. The van der Waals surface area contributed by atoms with Gasteiger partial charge in [-0.3, -0.25) is 0 Å². The van der Waals surface area contributed by atoms with E-state index in [1.165, 1.54) is 43.3 Å². The van der Waals surface area contributed by atoms with E-state index in [-0.39, 0.29) is 17.5 Å². The van der Waals surface area contributed by atoms with E-state index in [2.05, 4.69) is 13.8 Å². The van der Waals surface area contributed by atoms with Gasteiger partial charge in [0, 0.05) is 43.8 Å². The molecule has 3 unspecified atom stereocenters. The first-order valence-corrected chi connectivity index (χ1v) is 14.4. The maximum atomic E-state index is 14.3. The van der Waals surface area contributed by atoms with E-state index in [1.807, 2.05) is 67.6 Å². The second-order valence-electron chi connectivity index (χ2n) is 10.9. The molecule has 3 saturated heterocycles. The van der Waals surface area contributed by atoms with Crippen molar-refractivity contribution in [3.05, 3.63) is 71.8 Å². The van der Waals surface area contributed by atoms with Gasteiger partial charge in [-0.2, -0.15) is 0 Å². The molecule has 0 radical (unpaired) electrons. The Morgan fingerprint density at radius 3 is 1.89 bits per heavy atom. The van der Waals surface area contributed by atoms with Crippen molar-refractivity contribution in [2.24, 2.45) is 0 Å². The summed E-state index contributed by atoms with van der Waals surface area (Å²) in [5.41, 5.74) is 0.188. The van der Waals surface area contributed by atoms with Gasteiger partial charge in [-0.1, -0.05) is 74.5 Å². The van der Waals surface area contributed by atoms with Crippen molar-refractivity contribution in [1.29, 1.82) is 0 Å². The van der Waals surface area contributed by atoms with Crippen LogP contribution in [0, 0.1) is 0 Å². The minimum absolute atomic E-state index is 0.0344. The topological polar surface area (TPSA) is 35.5 Å². The molecule has 0 amide bonds. The van der Waals surface area contributed by atoms with Gasteiger partial charge in [0.05, 0.1) is 25.2 Å². The number of carbonyl (C=O) groups excluding carboxylic acids is 1. The lowest BCUT2D eigenvalue weighted by atomic mass is 9.85. The van der Waals surface area contributed by atoms with Crippen molar-refractivity contribution in [3.63, 3.8) is 0 Å². The highest BCUT2D eigenvalue weighted by atomic mass is 32.2. The molecule has 5 rings (SSSR count). The lowest BCUT2D eigenvalue weighted by molar-refractivity contribution is -0.956. The van der Waals surface area contributed by atoms with Crippen LogP contribution in [-0.4, -0.2) is 52.4 Å². The Hall–Kier alpha value is -1.82. The van der Waals surface area contributed by atoms with E-state index in [4.69, 9.17) is 9.47 Å². The summed E-state index contributed by atoms with van der Waals surface area (Å²) in [7, 11) is 0. The zero-order chi connectivity index (χ0) is 24.5. The summed E-state index contributed by atoms with van der Waals surface area (Å²) in [4.78, 5) is 14.3. The van der Waals surface area contributed by atoms with E-state index in [0.29, 0.717) is 17.3 Å². The second kappa shape index (κ2) is 10.3. The van der Waals surface area contributed by atoms with E-state index < -0.39 is 5.60 Å². The fourth-order valence-electron chi connectivity index (χ4n) is 7.13. The van der Waals surface area contributed by atoms with Gasteiger partial charge >= 0.3 is 5.97 Å². The maximum absolute atomic E-state index is 14.3. The normalized spacial score (nSPS) is 26.2. The fraction of sp³-hybridized carbons (Fsp3) is 0.567. The molecule has 3 aliphatic heterocycles. The number of hydrogen-bond acceptors (Lipinski definition) is 4. The highest BCUT2D eigenvalue weighted by Gasteiger charge is 2.57. The molecule has 3 aliphatic rings. The molecule has 2 aromatic rings. The number of benzene rings is 2. The molecule has 3 atom stereocenters. The van der Waals surface area contributed by atoms with Crippen LogP contribution in [0.5, 0.6) is 0 Å². The third-order valence-electron chi connectivity index (χ3n) is 8.48. The molecule has 0 aliphatic carbocycles. The Labute approximate surface area is 215 Å². The molecular formula is C30H40NO3S+. The van der Waals surface area contributed by atoms with Crippen LogP contribution in [0.25, 0.3) is 0 Å². The van der Waals surface area contributed by atoms with Gasteiger partial charge in [0.2, 0.25) is 5.60 Å². The lowest BCUT2D eigenvalue weighted by Crippen LogP contribution is -2.60. The minimum atomic E-state index is -1.29. The number of esters is 1. The first-order valence-electron chi connectivity index (χ1n) is 13.5. The standard InChI is InChI=1S/C30H40NO3S/c1-22(2)35-23(3)34-30(24-12-6-4-7-13-24,25-14-8-5-9-15-25)29(32)33-28-20-26-16-17-27(21-28)31(26)18-10-11-19-31/h4-9,12-15,22-23,26-28H,10-11,16-21H2,1-3H3/q+1. The number of rotatable bonds is 8. The minimum Gasteiger partial charge on any atom is -0.459 e. The molecule has 4 nitrogen and oxygen atoms in total. The van der Waals surface area contributed by atoms with Gasteiger partial charge < -0.3 is 14.0 Å². The molecule has 3 heterocycles. The average Bonchev–Trinajstić information content (AvgIpc) is 3.39. The molecule has 0 aromatic heterocycles. The first-order chi connectivity index (χ1) is 16.9. The van der Waals surface area contributed by atoms with Crippen molar-refractivity contribution < 1.29 is 18.8 Å². The second-order valence-corrected chi connectivity index (χ2v) is 12.8. The molecule has 35 heavy (non-hydrogen) atoms. The average molecular weight is 495 g/mol. The molecule has 0 N–H and O–H groups in total. The van der Waals surface area contributed by atoms with Crippen LogP contribution in [0.1, 0.15) is 70.4 Å². The highest BCUT2D eigenvalue weighted by molar-refractivity contribution is 8.00. The predicted octanol–water partition coefficient (Wildman–Crippen LogP) is 6.28. The van der Waals surface area contributed by atoms with Crippen LogP contribution in [0.4, 0.5) is 0 Å². The van der Waals surface area contributed by atoms with Crippen LogP contribution >= 0.6 is 11.8 Å².